The van der Waals surface area contributed by atoms with Crippen LogP contribution in [0.3, 0.4) is 0 Å². The fraction of sp³-hybridized carbons (Fsp3) is 0.100. The average molecular weight is 300 g/mol. The van der Waals surface area contributed by atoms with E-state index in [1.807, 2.05) is 24.7 Å². The van der Waals surface area contributed by atoms with E-state index < -0.39 is 0 Å². The molecule has 4 aromatic rings. The van der Waals surface area contributed by atoms with Crippen LogP contribution in [0.5, 0.6) is 0 Å². The molecule has 0 aliphatic carbocycles. The van der Waals surface area contributed by atoms with Gasteiger partial charge in [-0.05, 0) is 48.7 Å². The highest BCUT2D eigenvalue weighted by Gasteiger charge is 2.17. The fourth-order valence-corrected chi connectivity index (χ4v) is 3.21. The Morgan fingerprint density at radius 2 is 1.65 bits per heavy atom. The van der Waals surface area contributed by atoms with Crippen LogP contribution in [-0.2, 0) is 0 Å². The van der Waals surface area contributed by atoms with E-state index in [1.54, 1.807) is 0 Å². The zero-order chi connectivity index (χ0) is 15.8. The molecular weight excluding hydrogens is 282 g/mol. The summed E-state index contributed by atoms with van der Waals surface area (Å²) >= 11 is 0. The molecule has 0 aliphatic heterocycles. The van der Waals surface area contributed by atoms with Gasteiger partial charge in [-0.3, -0.25) is 4.98 Å². The zero-order valence-corrected chi connectivity index (χ0v) is 13.2. The van der Waals surface area contributed by atoms with Gasteiger partial charge >= 0.3 is 5.65 Å². The molecule has 2 aromatic heterocycles. The second-order valence-electron chi connectivity index (χ2n) is 5.80. The van der Waals surface area contributed by atoms with Crippen molar-refractivity contribution in [3.63, 3.8) is 0 Å². The van der Waals surface area contributed by atoms with Gasteiger partial charge in [0.2, 0.25) is 0 Å². The second kappa shape index (κ2) is 5.36. The smallest absolute Gasteiger partial charge is 0.274 e. The lowest BCUT2D eigenvalue weighted by molar-refractivity contribution is -0.568. The number of nitrogens with zero attached hydrogens (tertiary/aromatic N) is 2. The average Bonchev–Trinajstić information content (AvgIpc) is 2.99. The third-order valence-electron chi connectivity index (χ3n) is 4.28. The summed E-state index contributed by atoms with van der Waals surface area (Å²) in [5.41, 5.74) is 8.18. The van der Waals surface area contributed by atoms with E-state index >= 15 is 0 Å². The zero-order valence-electron chi connectivity index (χ0n) is 13.2. The van der Waals surface area contributed by atoms with Crippen molar-refractivity contribution in [2.24, 2.45) is 0 Å². The molecule has 0 amide bonds. The Morgan fingerprint density at radius 1 is 0.870 bits per heavy atom. The number of imidazole rings is 1. The molecule has 0 aliphatic rings. The fourth-order valence-electron chi connectivity index (χ4n) is 3.21. The molecule has 0 fully saturated rings. The summed E-state index contributed by atoms with van der Waals surface area (Å²) in [5.74, 6) is 0. The van der Waals surface area contributed by atoms with Gasteiger partial charge in [-0.25, -0.2) is 0 Å². The first-order chi connectivity index (χ1) is 11.3. The number of fused-ring (bicyclic) bond motifs is 1. The van der Waals surface area contributed by atoms with Crippen molar-refractivity contribution in [1.29, 1.82) is 0 Å². The van der Waals surface area contributed by atoms with Gasteiger partial charge in [0.15, 0.2) is 11.8 Å². The maximum atomic E-state index is 4.53. The summed E-state index contributed by atoms with van der Waals surface area (Å²) in [6.45, 7) is 4.33. The molecule has 112 valence electrons. The van der Waals surface area contributed by atoms with E-state index in [1.165, 1.54) is 22.3 Å². The molecule has 0 saturated heterocycles. The van der Waals surface area contributed by atoms with Crippen molar-refractivity contribution < 1.29 is 4.57 Å². The predicted molar refractivity (Wildman–Crippen MR) is 92.5 cm³/mol. The van der Waals surface area contributed by atoms with Gasteiger partial charge < -0.3 is 0 Å². The second-order valence-corrected chi connectivity index (χ2v) is 5.80. The minimum absolute atomic E-state index is 0.936. The lowest BCUT2D eigenvalue weighted by atomic mass is 9.94. The normalized spacial score (nSPS) is 11.0. The number of hydrogen-bond donors (Lipinski definition) is 1. The van der Waals surface area contributed by atoms with Crippen molar-refractivity contribution in [3.8, 4) is 16.8 Å². The molecule has 1 N–H and O–H groups in total. The van der Waals surface area contributed by atoms with Crippen LogP contribution in [0.25, 0.3) is 28.0 Å². The van der Waals surface area contributed by atoms with E-state index in [0.717, 1.165) is 16.9 Å². The highest BCUT2D eigenvalue weighted by atomic mass is 15.1. The number of aryl methyl sites for hydroxylation is 2. The summed E-state index contributed by atoms with van der Waals surface area (Å²) in [5, 5.41) is 0. The molecule has 0 bridgehead atoms. The molecular formula is C20H18N3+. The molecule has 0 radical (unpaired) electrons. The quantitative estimate of drug-likeness (QED) is 0.555. The number of hydrogen-bond acceptors (Lipinski definition) is 1. The Hall–Kier alpha value is -2.94. The molecule has 0 saturated carbocycles. The first-order valence-electron chi connectivity index (χ1n) is 7.75. The van der Waals surface area contributed by atoms with Crippen LogP contribution in [0.1, 0.15) is 11.1 Å². The Labute approximate surface area is 135 Å². The molecule has 23 heavy (non-hydrogen) atoms. The summed E-state index contributed by atoms with van der Waals surface area (Å²) in [6.07, 6.45) is 3.80. The van der Waals surface area contributed by atoms with Crippen molar-refractivity contribution in [1.82, 2.24) is 9.97 Å². The monoisotopic (exact) mass is 300 g/mol. The van der Waals surface area contributed by atoms with Crippen LogP contribution in [0.2, 0.25) is 0 Å². The number of rotatable bonds is 2. The Kier molecular flexibility index (Phi) is 3.19. The highest BCUT2D eigenvalue weighted by molar-refractivity contribution is 5.77. The summed E-state index contributed by atoms with van der Waals surface area (Å²) in [6, 6.07) is 18.9. The molecule has 3 nitrogen and oxygen atoms in total. The largest absolute Gasteiger partial charge is 0.306 e. The van der Waals surface area contributed by atoms with Gasteiger partial charge in [-0.15, -0.1) is 4.98 Å². The molecule has 3 heteroatoms. The number of H-pyrrole nitrogens is 1. The maximum Gasteiger partial charge on any atom is 0.306 e. The molecule has 0 atom stereocenters. The molecule has 0 unspecified atom stereocenters. The summed E-state index contributed by atoms with van der Waals surface area (Å²) in [7, 11) is 0. The summed E-state index contributed by atoms with van der Waals surface area (Å²) in [4.78, 5) is 7.82. The Morgan fingerprint density at radius 3 is 2.48 bits per heavy atom. The van der Waals surface area contributed by atoms with Crippen molar-refractivity contribution in [2.75, 3.05) is 0 Å². The number of aromatic amines is 1. The van der Waals surface area contributed by atoms with E-state index in [4.69, 9.17) is 0 Å². The standard InChI is InChI=1S/C20H17N3/c1-14-7-5-8-15(2)19(14)16-9-3-4-11-18(16)23-13-22-17-10-6-12-21-20(17)23/h3-13H,1-2H3/p+1. The third kappa shape index (κ3) is 2.21. The molecule has 4 rings (SSSR count). The lowest BCUT2D eigenvalue weighted by Crippen LogP contribution is -2.30. The van der Waals surface area contributed by atoms with Crippen molar-refractivity contribution in [3.05, 3.63) is 78.2 Å². The summed E-state index contributed by atoms with van der Waals surface area (Å²) < 4.78 is 2.12. The maximum absolute atomic E-state index is 4.53. The van der Waals surface area contributed by atoms with E-state index in [2.05, 4.69) is 70.8 Å². The first-order valence-corrected chi connectivity index (χ1v) is 7.75. The number of nitrogens with one attached hydrogen (secondary N) is 1. The van der Waals surface area contributed by atoms with Crippen molar-refractivity contribution >= 4 is 11.2 Å². The van der Waals surface area contributed by atoms with Gasteiger partial charge in [0.25, 0.3) is 0 Å². The minimum atomic E-state index is 0.936. The van der Waals surface area contributed by atoms with Gasteiger partial charge in [0.05, 0.1) is 0 Å². The van der Waals surface area contributed by atoms with E-state index in [-0.39, 0.29) is 0 Å². The van der Waals surface area contributed by atoms with E-state index in [9.17, 15) is 0 Å². The van der Waals surface area contributed by atoms with Gasteiger partial charge in [-0.2, -0.15) is 4.57 Å². The number of benzene rings is 2. The topological polar surface area (TPSA) is 32.6 Å². The Bertz CT molecular complexity index is 978. The van der Waals surface area contributed by atoms with Crippen LogP contribution in [-0.4, -0.2) is 9.97 Å². The first kappa shape index (κ1) is 13.7. The minimum Gasteiger partial charge on any atom is -0.274 e. The molecule has 2 heterocycles. The number of aromatic nitrogens is 3. The van der Waals surface area contributed by atoms with Gasteiger partial charge in [0, 0.05) is 5.56 Å². The van der Waals surface area contributed by atoms with Gasteiger partial charge in [-0.1, -0.05) is 36.4 Å². The van der Waals surface area contributed by atoms with Crippen LogP contribution in [0, 0.1) is 13.8 Å². The predicted octanol–water partition coefficient (Wildman–Crippen LogP) is 4.12. The molecule has 0 spiro atoms. The SMILES string of the molecule is Cc1cccc(C)c1-c1ccccc1-[n+]1c[nH]c2cccnc21. The Balaban J connectivity index is 2.02. The van der Waals surface area contributed by atoms with Gasteiger partial charge in [0.1, 0.15) is 11.9 Å². The van der Waals surface area contributed by atoms with Crippen LogP contribution < -0.4 is 4.57 Å². The third-order valence-corrected chi connectivity index (χ3v) is 4.28. The van der Waals surface area contributed by atoms with Crippen LogP contribution in [0.4, 0.5) is 0 Å². The number of para-hydroxylation sites is 1. The van der Waals surface area contributed by atoms with Crippen molar-refractivity contribution in [2.45, 2.75) is 13.8 Å². The molecule has 2 aromatic carbocycles. The van der Waals surface area contributed by atoms with Crippen LogP contribution >= 0.6 is 0 Å². The highest BCUT2D eigenvalue weighted by Crippen LogP contribution is 2.30. The lowest BCUT2D eigenvalue weighted by Gasteiger charge is -2.13. The van der Waals surface area contributed by atoms with E-state index in [0.29, 0.717) is 0 Å². The number of pyridine rings is 1. The van der Waals surface area contributed by atoms with Crippen LogP contribution in [0.15, 0.2) is 67.1 Å².